The highest BCUT2D eigenvalue weighted by Crippen LogP contribution is 2.26. The molecular formula is C16H16N2OS. The number of ether oxygens (including phenoxy) is 1. The predicted molar refractivity (Wildman–Crippen MR) is 84.5 cm³/mol. The Hall–Kier alpha value is -2.07. The summed E-state index contributed by atoms with van der Waals surface area (Å²) in [7, 11) is 1.66. The molecule has 3 aromatic rings. The fourth-order valence-electron chi connectivity index (χ4n) is 2.43. The average Bonchev–Trinajstić information content (AvgIpc) is 2.77. The van der Waals surface area contributed by atoms with E-state index in [0.717, 1.165) is 22.5 Å². The lowest BCUT2D eigenvalue weighted by Crippen LogP contribution is -1.98. The van der Waals surface area contributed by atoms with Crippen molar-refractivity contribution in [1.29, 1.82) is 0 Å². The maximum Gasteiger partial charge on any atom is 0.182 e. The molecule has 0 radical (unpaired) electrons. The van der Waals surface area contributed by atoms with Gasteiger partial charge in [0.2, 0.25) is 0 Å². The zero-order valence-corrected chi connectivity index (χ0v) is 12.5. The minimum absolute atomic E-state index is 0.696. The van der Waals surface area contributed by atoms with Crippen LogP contribution in [0.4, 0.5) is 0 Å². The molecule has 0 saturated heterocycles. The minimum atomic E-state index is 0.696. The molecule has 3 nitrogen and oxygen atoms in total. The van der Waals surface area contributed by atoms with E-state index in [9.17, 15) is 0 Å². The summed E-state index contributed by atoms with van der Waals surface area (Å²) >= 11 is 5.48. The van der Waals surface area contributed by atoms with Crippen molar-refractivity contribution in [3.63, 3.8) is 0 Å². The number of hydrogen-bond donors (Lipinski definition) is 1. The molecular weight excluding hydrogens is 268 g/mol. The molecule has 0 spiro atoms. The molecule has 0 aliphatic heterocycles. The fourth-order valence-corrected chi connectivity index (χ4v) is 2.74. The average molecular weight is 284 g/mol. The minimum Gasteiger partial charge on any atom is -0.497 e. The maximum atomic E-state index is 5.48. The molecule has 0 amide bonds. The molecule has 1 aromatic heterocycles. The predicted octanol–water partition coefficient (Wildman–Crippen LogP) is 4.31. The summed E-state index contributed by atoms with van der Waals surface area (Å²) in [6, 6.07) is 12.2. The van der Waals surface area contributed by atoms with E-state index in [1.165, 1.54) is 11.1 Å². The van der Waals surface area contributed by atoms with E-state index in [2.05, 4.69) is 41.6 Å². The molecule has 0 bridgehead atoms. The lowest BCUT2D eigenvalue weighted by Gasteiger charge is -2.10. The highest BCUT2D eigenvalue weighted by molar-refractivity contribution is 7.71. The van der Waals surface area contributed by atoms with Crippen LogP contribution in [-0.4, -0.2) is 16.7 Å². The number of nitrogens with one attached hydrogen (secondary N) is 1. The van der Waals surface area contributed by atoms with Gasteiger partial charge in [0.25, 0.3) is 0 Å². The zero-order chi connectivity index (χ0) is 14.3. The van der Waals surface area contributed by atoms with Crippen LogP contribution in [0.25, 0.3) is 16.7 Å². The Balaban J connectivity index is 2.34. The van der Waals surface area contributed by atoms with Gasteiger partial charge in [0.05, 0.1) is 23.8 Å². The van der Waals surface area contributed by atoms with Gasteiger partial charge in [-0.25, -0.2) is 0 Å². The smallest absolute Gasteiger partial charge is 0.182 e. The van der Waals surface area contributed by atoms with Crippen LogP contribution >= 0.6 is 12.2 Å². The molecule has 3 rings (SSSR count). The molecule has 2 aromatic carbocycles. The first-order valence-corrected chi connectivity index (χ1v) is 6.88. The van der Waals surface area contributed by atoms with Gasteiger partial charge in [0.15, 0.2) is 4.77 Å². The number of H-pyrrole nitrogens is 1. The Morgan fingerprint density at radius 1 is 1.15 bits per heavy atom. The number of rotatable bonds is 2. The summed E-state index contributed by atoms with van der Waals surface area (Å²) in [5.41, 5.74) is 5.65. The number of methoxy groups -OCH3 is 1. The van der Waals surface area contributed by atoms with Crippen LogP contribution < -0.4 is 4.74 Å². The third-order valence-electron chi connectivity index (χ3n) is 3.71. The largest absolute Gasteiger partial charge is 0.497 e. The molecule has 0 aliphatic rings. The molecule has 0 atom stereocenters. The molecule has 20 heavy (non-hydrogen) atoms. The monoisotopic (exact) mass is 284 g/mol. The normalized spacial score (nSPS) is 10.9. The number of aryl methyl sites for hydroxylation is 1. The second kappa shape index (κ2) is 4.80. The first-order valence-electron chi connectivity index (χ1n) is 6.47. The van der Waals surface area contributed by atoms with Gasteiger partial charge in [-0.15, -0.1) is 0 Å². The standard InChI is InChI=1S/C16H16N2OS/c1-10-5-4-6-14(11(10)2)18-15-8-7-12(19-3)9-13(15)17-16(18)20/h4-9H,1-3H3,(H,17,20). The Morgan fingerprint density at radius 3 is 2.70 bits per heavy atom. The Bertz CT molecular complexity index is 845. The summed E-state index contributed by atoms with van der Waals surface area (Å²) in [6.07, 6.45) is 0. The number of imidazole rings is 1. The molecule has 0 unspecified atom stereocenters. The first kappa shape index (κ1) is 12.9. The molecule has 4 heteroatoms. The number of aromatic amines is 1. The summed E-state index contributed by atoms with van der Waals surface area (Å²) in [4.78, 5) is 3.24. The highest BCUT2D eigenvalue weighted by Gasteiger charge is 2.10. The Morgan fingerprint density at radius 2 is 1.95 bits per heavy atom. The lowest BCUT2D eigenvalue weighted by atomic mass is 10.1. The molecule has 1 heterocycles. The SMILES string of the molecule is COc1ccc2c(c1)[nH]c(=S)n2-c1cccc(C)c1C. The number of aromatic nitrogens is 2. The van der Waals surface area contributed by atoms with Crippen LogP contribution in [0.1, 0.15) is 11.1 Å². The number of fused-ring (bicyclic) bond motifs is 1. The molecule has 1 N–H and O–H groups in total. The molecule has 0 aliphatic carbocycles. The van der Waals surface area contributed by atoms with Crippen LogP contribution in [0, 0.1) is 18.6 Å². The second-order valence-electron chi connectivity index (χ2n) is 4.87. The van der Waals surface area contributed by atoms with E-state index >= 15 is 0 Å². The third-order valence-corrected chi connectivity index (χ3v) is 3.99. The van der Waals surface area contributed by atoms with Gasteiger partial charge < -0.3 is 9.72 Å². The third kappa shape index (κ3) is 1.93. The first-order chi connectivity index (χ1) is 9.61. The van der Waals surface area contributed by atoms with E-state index < -0.39 is 0 Å². The van der Waals surface area contributed by atoms with Crippen LogP contribution in [-0.2, 0) is 0 Å². The van der Waals surface area contributed by atoms with E-state index in [1.807, 2.05) is 18.2 Å². The lowest BCUT2D eigenvalue weighted by molar-refractivity contribution is 0.415. The maximum absolute atomic E-state index is 5.48. The number of benzene rings is 2. The van der Waals surface area contributed by atoms with E-state index in [0.29, 0.717) is 4.77 Å². The molecule has 0 saturated carbocycles. The molecule has 102 valence electrons. The van der Waals surface area contributed by atoms with Crippen molar-refractivity contribution in [2.75, 3.05) is 7.11 Å². The topological polar surface area (TPSA) is 29.9 Å². The fraction of sp³-hybridized carbons (Fsp3) is 0.188. The van der Waals surface area contributed by atoms with Crippen LogP contribution in [0.15, 0.2) is 36.4 Å². The van der Waals surface area contributed by atoms with Crippen LogP contribution in [0.3, 0.4) is 0 Å². The van der Waals surface area contributed by atoms with Gasteiger partial charge >= 0.3 is 0 Å². The Labute approximate surface area is 122 Å². The van der Waals surface area contributed by atoms with Crippen molar-refractivity contribution in [3.05, 3.63) is 52.3 Å². The molecule has 0 fully saturated rings. The van der Waals surface area contributed by atoms with Crippen molar-refractivity contribution in [2.24, 2.45) is 0 Å². The quantitative estimate of drug-likeness (QED) is 0.710. The van der Waals surface area contributed by atoms with Crippen molar-refractivity contribution < 1.29 is 4.74 Å². The zero-order valence-electron chi connectivity index (χ0n) is 11.7. The van der Waals surface area contributed by atoms with Gasteiger partial charge in [-0.1, -0.05) is 12.1 Å². The van der Waals surface area contributed by atoms with Crippen LogP contribution in [0.5, 0.6) is 5.75 Å². The van der Waals surface area contributed by atoms with Gasteiger partial charge in [0.1, 0.15) is 5.75 Å². The van der Waals surface area contributed by atoms with Crippen molar-refractivity contribution in [1.82, 2.24) is 9.55 Å². The second-order valence-corrected chi connectivity index (χ2v) is 5.25. The number of nitrogens with zero attached hydrogens (tertiary/aromatic N) is 1. The summed E-state index contributed by atoms with van der Waals surface area (Å²) in [5, 5.41) is 0. The summed E-state index contributed by atoms with van der Waals surface area (Å²) in [5.74, 6) is 0.821. The van der Waals surface area contributed by atoms with Gasteiger partial charge in [-0.05, 0) is 55.4 Å². The van der Waals surface area contributed by atoms with E-state index in [-0.39, 0.29) is 0 Å². The van der Waals surface area contributed by atoms with Crippen LogP contribution in [0.2, 0.25) is 0 Å². The highest BCUT2D eigenvalue weighted by atomic mass is 32.1. The summed E-state index contributed by atoms with van der Waals surface area (Å²) in [6.45, 7) is 4.23. The van der Waals surface area contributed by atoms with E-state index in [1.54, 1.807) is 7.11 Å². The summed E-state index contributed by atoms with van der Waals surface area (Å²) < 4.78 is 8.03. The van der Waals surface area contributed by atoms with Crippen molar-refractivity contribution in [2.45, 2.75) is 13.8 Å². The van der Waals surface area contributed by atoms with Crippen molar-refractivity contribution in [3.8, 4) is 11.4 Å². The van der Waals surface area contributed by atoms with Gasteiger partial charge in [-0.3, -0.25) is 4.57 Å². The van der Waals surface area contributed by atoms with Crippen molar-refractivity contribution >= 4 is 23.3 Å². The number of hydrogen-bond acceptors (Lipinski definition) is 2. The van der Waals surface area contributed by atoms with Gasteiger partial charge in [0, 0.05) is 6.07 Å². The Kier molecular flexibility index (Phi) is 3.10. The van der Waals surface area contributed by atoms with Gasteiger partial charge in [-0.2, -0.15) is 0 Å². The van der Waals surface area contributed by atoms with E-state index in [4.69, 9.17) is 17.0 Å².